The van der Waals surface area contributed by atoms with Gasteiger partial charge in [-0.1, -0.05) is 11.2 Å². The zero-order valence-electron chi connectivity index (χ0n) is 12.1. The van der Waals surface area contributed by atoms with Crippen LogP contribution >= 0.6 is 0 Å². The van der Waals surface area contributed by atoms with Crippen molar-refractivity contribution in [2.45, 2.75) is 31.3 Å². The van der Waals surface area contributed by atoms with Gasteiger partial charge in [0.1, 0.15) is 11.9 Å². The van der Waals surface area contributed by atoms with Crippen LogP contribution in [0.3, 0.4) is 0 Å². The van der Waals surface area contributed by atoms with E-state index < -0.39 is 0 Å². The first kappa shape index (κ1) is 13.3. The quantitative estimate of drug-likeness (QED) is 0.866. The first-order valence-electron chi connectivity index (χ1n) is 7.63. The van der Waals surface area contributed by atoms with E-state index in [9.17, 15) is 4.79 Å². The number of nitrogens with zero attached hydrogens (tertiary/aromatic N) is 3. The van der Waals surface area contributed by atoms with Crippen molar-refractivity contribution in [3.8, 4) is 5.88 Å². The molecule has 1 aliphatic carbocycles. The summed E-state index contributed by atoms with van der Waals surface area (Å²) in [5, 5.41) is 3.91. The highest BCUT2D eigenvalue weighted by molar-refractivity contribution is 5.92. The van der Waals surface area contributed by atoms with Crippen LogP contribution in [0.15, 0.2) is 35.0 Å². The van der Waals surface area contributed by atoms with E-state index in [2.05, 4.69) is 10.1 Å². The van der Waals surface area contributed by atoms with Crippen molar-refractivity contribution in [3.05, 3.63) is 41.9 Å². The molecule has 0 spiro atoms. The second-order valence-corrected chi connectivity index (χ2v) is 5.84. The van der Waals surface area contributed by atoms with Crippen molar-refractivity contribution in [1.29, 1.82) is 0 Å². The minimum atomic E-state index is -0.0808. The monoisotopic (exact) mass is 299 g/mol. The fourth-order valence-corrected chi connectivity index (χ4v) is 2.71. The van der Waals surface area contributed by atoms with Crippen LogP contribution in [0.4, 0.5) is 0 Å². The predicted octanol–water partition coefficient (Wildman–Crippen LogP) is 2.24. The summed E-state index contributed by atoms with van der Waals surface area (Å²) in [5.74, 6) is 1.82. The number of ether oxygens (including phenoxy) is 1. The third kappa shape index (κ3) is 2.68. The number of aromatic nitrogens is 2. The molecule has 22 heavy (non-hydrogen) atoms. The molecular formula is C16H17N3O3. The number of amides is 1. The Bertz CT molecular complexity index is 666. The van der Waals surface area contributed by atoms with Gasteiger partial charge in [-0.3, -0.25) is 4.79 Å². The molecule has 1 saturated heterocycles. The van der Waals surface area contributed by atoms with E-state index >= 15 is 0 Å². The van der Waals surface area contributed by atoms with Crippen LogP contribution in [0, 0.1) is 0 Å². The van der Waals surface area contributed by atoms with E-state index in [4.69, 9.17) is 9.26 Å². The molecule has 0 N–H and O–H groups in total. The van der Waals surface area contributed by atoms with Crippen molar-refractivity contribution < 1.29 is 14.1 Å². The fourth-order valence-electron chi connectivity index (χ4n) is 2.71. The van der Waals surface area contributed by atoms with Crippen LogP contribution in [0.5, 0.6) is 5.88 Å². The number of pyridine rings is 1. The number of carbonyl (C=O) groups is 1. The molecule has 0 radical (unpaired) electrons. The molecule has 1 amide bonds. The number of carbonyl (C=O) groups excluding carboxylic acids is 1. The molecule has 6 nitrogen and oxygen atoms in total. The minimum Gasteiger partial charge on any atom is -0.472 e. The zero-order chi connectivity index (χ0) is 14.9. The Morgan fingerprint density at radius 1 is 1.32 bits per heavy atom. The third-order valence-electron chi connectivity index (χ3n) is 4.08. The van der Waals surface area contributed by atoms with Gasteiger partial charge in [0, 0.05) is 37.2 Å². The molecule has 6 heteroatoms. The summed E-state index contributed by atoms with van der Waals surface area (Å²) in [6, 6.07) is 7.34. The van der Waals surface area contributed by atoms with Gasteiger partial charge in [-0.25, -0.2) is 4.98 Å². The molecule has 2 aliphatic rings. The fraction of sp³-hybridized carbons (Fsp3) is 0.438. The Morgan fingerprint density at radius 3 is 3.00 bits per heavy atom. The maximum absolute atomic E-state index is 12.4. The van der Waals surface area contributed by atoms with Crippen LogP contribution in [0.25, 0.3) is 0 Å². The summed E-state index contributed by atoms with van der Waals surface area (Å²) in [4.78, 5) is 18.3. The van der Waals surface area contributed by atoms with Gasteiger partial charge in [0.2, 0.25) is 5.88 Å². The van der Waals surface area contributed by atoms with Gasteiger partial charge in [-0.05, 0) is 18.9 Å². The predicted molar refractivity (Wildman–Crippen MR) is 77.7 cm³/mol. The minimum absolute atomic E-state index is 0.0198. The summed E-state index contributed by atoms with van der Waals surface area (Å²) < 4.78 is 11.0. The third-order valence-corrected chi connectivity index (χ3v) is 4.08. The van der Waals surface area contributed by atoms with Gasteiger partial charge >= 0.3 is 0 Å². The molecule has 1 aliphatic heterocycles. The lowest BCUT2D eigenvalue weighted by atomic mass is 10.2. The Morgan fingerprint density at radius 2 is 2.23 bits per heavy atom. The maximum atomic E-state index is 12.4. The van der Waals surface area contributed by atoms with Crippen molar-refractivity contribution in [3.63, 3.8) is 0 Å². The SMILES string of the molecule is O=C(c1cc(C2CC2)on1)N1CCC(Oc2ccccn2)C1. The number of hydrogen-bond acceptors (Lipinski definition) is 5. The van der Waals surface area contributed by atoms with Crippen LogP contribution in [-0.4, -0.2) is 40.1 Å². The summed E-state index contributed by atoms with van der Waals surface area (Å²) in [7, 11) is 0. The lowest BCUT2D eigenvalue weighted by molar-refractivity contribution is 0.0761. The van der Waals surface area contributed by atoms with Crippen LogP contribution < -0.4 is 4.74 Å². The van der Waals surface area contributed by atoms with Crippen molar-refractivity contribution in [2.75, 3.05) is 13.1 Å². The van der Waals surface area contributed by atoms with Gasteiger partial charge in [0.05, 0.1) is 6.54 Å². The van der Waals surface area contributed by atoms with E-state index in [0.29, 0.717) is 30.6 Å². The highest BCUT2D eigenvalue weighted by atomic mass is 16.5. The van der Waals surface area contributed by atoms with Gasteiger partial charge in [0.25, 0.3) is 5.91 Å². The molecule has 2 aromatic rings. The average Bonchev–Trinajstić information content (AvgIpc) is 3.10. The summed E-state index contributed by atoms with van der Waals surface area (Å²) >= 11 is 0. The molecule has 1 saturated carbocycles. The second-order valence-electron chi connectivity index (χ2n) is 5.84. The van der Waals surface area contributed by atoms with Gasteiger partial charge in [0.15, 0.2) is 5.69 Å². The highest BCUT2D eigenvalue weighted by Crippen LogP contribution is 2.40. The summed E-state index contributed by atoms with van der Waals surface area (Å²) in [5.41, 5.74) is 0.403. The van der Waals surface area contributed by atoms with E-state index in [1.165, 1.54) is 0 Å². The van der Waals surface area contributed by atoms with Crippen molar-refractivity contribution in [2.24, 2.45) is 0 Å². The average molecular weight is 299 g/mol. The van der Waals surface area contributed by atoms with Crippen LogP contribution in [0.1, 0.15) is 41.4 Å². The number of hydrogen-bond donors (Lipinski definition) is 0. The van der Waals surface area contributed by atoms with Gasteiger partial charge < -0.3 is 14.2 Å². The molecule has 114 valence electrons. The van der Waals surface area contributed by atoms with E-state index in [1.54, 1.807) is 17.2 Å². The lowest BCUT2D eigenvalue weighted by Crippen LogP contribution is -2.31. The standard InChI is InChI=1S/C16H17N3O3/c20-16(13-9-14(22-18-13)11-4-5-11)19-8-6-12(10-19)21-15-3-1-2-7-17-15/h1-3,7,9,11-12H,4-6,8,10H2. The molecule has 0 aromatic carbocycles. The van der Waals surface area contributed by atoms with E-state index in [-0.39, 0.29) is 12.0 Å². The molecule has 2 aromatic heterocycles. The lowest BCUT2D eigenvalue weighted by Gasteiger charge is -2.15. The van der Waals surface area contributed by atoms with Crippen molar-refractivity contribution >= 4 is 5.91 Å². The topological polar surface area (TPSA) is 68.5 Å². The zero-order valence-corrected chi connectivity index (χ0v) is 12.1. The normalized spacial score (nSPS) is 21.1. The van der Waals surface area contributed by atoms with Crippen LogP contribution in [-0.2, 0) is 0 Å². The Hall–Kier alpha value is -2.37. The smallest absolute Gasteiger partial charge is 0.276 e. The van der Waals surface area contributed by atoms with Gasteiger partial charge in [-0.2, -0.15) is 0 Å². The molecule has 1 atom stereocenters. The Balaban J connectivity index is 1.38. The van der Waals surface area contributed by atoms with E-state index in [1.807, 2.05) is 18.2 Å². The maximum Gasteiger partial charge on any atom is 0.276 e. The second kappa shape index (κ2) is 5.44. The largest absolute Gasteiger partial charge is 0.472 e. The van der Waals surface area contributed by atoms with Crippen LogP contribution in [0.2, 0.25) is 0 Å². The highest BCUT2D eigenvalue weighted by Gasteiger charge is 2.32. The summed E-state index contributed by atoms with van der Waals surface area (Å²) in [6.07, 6.45) is 4.74. The molecule has 3 heterocycles. The first-order valence-corrected chi connectivity index (χ1v) is 7.63. The van der Waals surface area contributed by atoms with Gasteiger partial charge in [-0.15, -0.1) is 0 Å². The molecule has 4 rings (SSSR count). The number of rotatable bonds is 4. The Kier molecular flexibility index (Phi) is 3.29. The number of likely N-dealkylation sites (tertiary alicyclic amines) is 1. The van der Waals surface area contributed by atoms with Crippen molar-refractivity contribution in [1.82, 2.24) is 15.0 Å². The molecular weight excluding hydrogens is 282 g/mol. The molecule has 1 unspecified atom stereocenters. The summed E-state index contributed by atoms with van der Waals surface area (Å²) in [6.45, 7) is 1.23. The Labute approximate surface area is 128 Å². The molecule has 2 fully saturated rings. The first-order chi connectivity index (χ1) is 10.8. The van der Waals surface area contributed by atoms with E-state index in [0.717, 1.165) is 25.0 Å². The molecule has 0 bridgehead atoms.